The van der Waals surface area contributed by atoms with Crippen molar-refractivity contribution in [2.75, 3.05) is 43.6 Å². The highest BCUT2D eigenvalue weighted by Crippen LogP contribution is 2.24. The second-order valence-corrected chi connectivity index (χ2v) is 10.2. The summed E-state index contributed by atoms with van der Waals surface area (Å²) in [6.45, 7) is 2.98. The van der Waals surface area contributed by atoms with E-state index >= 15 is 0 Å². The van der Waals surface area contributed by atoms with Crippen LogP contribution in [0.4, 0.5) is 5.69 Å². The second kappa shape index (κ2) is 11.0. The Morgan fingerprint density at radius 1 is 1.22 bits per heavy atom. The normalized spacial score (nSPS) is 15.8. The zero-order chi connectivity index (χ0) is 23.1. The van der Waals surface area contributed by atoms with Crippen molar-refractivity contribution in [2.24, 2.45) is 0 Å². The number of thioether (sulfide) groups is 1. The molecule has 0 radical (unpaired) electrons. The molecule has 1 aromatic heterocycles. The van der Waals surface area contributed by atoms with Crippen molar-refractivity contribution in [2.45, 2.75) is 24.3 Å². The number of amides is 2. The van der Waals surface area contributed by atoms with Gasteiger partial charge in [0.1, 0.15) is 6.04 Å². The molecule has 1 fully saturated rings. The molecule has 0 bridgehead atoms. The molecule has 1 saturated heterocycles. The fourth-order valence-corrected chi connectivity index (χ4v) is 5.38. The molecule has 0 spiro atoms. The van der Waals surface area contributed by atoms with Gasteiger partial charge in [-0.3, -0.25) is 9.59 Å². The molecule has 174 valence electrons. The summed E-state index contributed by atoms with van der Waals surface area (Å²) < 4.78 is 37.9. The lowest BCUT2D eigenvalue weighted by molar-refractivity contribution is -0.118. The number of morpholine rings is 1. The summed E-state index contributed by atoms with van der Waals surface area (Å²) in [5, 5.41) is 5.43. The molecule has 32 heavy (non-hydrogen) atoms. The molecular formula is C21H27N3O6S2. The number of hydrogen-bond donors (Lipinski definition) is 2. The summed E-state index contributed by atoms with van der Waals surface area (Å²) in [6, 6.07) is 7.06. The van der Waals surface area contributed by atoms with Crippen LogP contribution in [-0.2, 0) is 19.6 Å². The molecule has 2 N–H and O–H groups in total. The number of ether oxygens (including phenoxy) is 1. The van der Waals surface area contributed by atoms with Crippen LogP contribution in [0.15, 0.2) is 45.9 Å². The van der Waals surface area contributed by atoms with E-state index in [0.29, 0.717) is 36.6 Å². The number of nitrogens with zero attached hydrogens (tertiary/aromatic N) is 1. The Bertz CT molecular complexity index is 1030. The van der Waals surface area contributed by atoms with Crippen LogP contribution >= 0.6 is 11.8 Å². The number of benzene rings is 1. The summed E-state index contributed by atoms with van der Waals surface area (Å²) >= 11 is 1.55. The van der Waals surface area contributed by atoms with Crippen molar-refractivity contribution in [1.82, 2.24) is 9.62 Å². The Labute approximate surface area is 191 Å². The van der Waals surface area contributed by atoms with Gasteiger partial charge in [0, 0.05) is 18.8 Å². The first-order valence-corrected chi connectivity index (χ1v) is 13.0. The van der Waals surface area contributed by atoms with Gasteiger partial charge < -0.3 is 19.8 Å². The Morgan fingerprint density at radius 3 is 2.62 bits per heavy atom. The summed E-state index contributed by atoms with van der Waals surface area (Å²) in [4.78, 5) is 25.4. The minimum absolute atomic E-state index is 0.112. The lowest BCUT2D eigenvalue weighted by Crippen LogP contribution is -2.44. The Hall–Kier alpha value is -2.34. The van der Waals surface area contributed by atoms with Gasteiger partial charge in [-0.15, -0.1) is 0 Å². The maximum Gasteiger partial charge on any atom is 0.287 e. The molecule has 11 heteroatoms. The smallest absolute Gasteiger partial charge is 0.287 e. The van der Waals surface area contributed by atoms with Gasteiger partial charge in [0.25, 0.3) is 5.91 Å². The SMILES string of the molecule is CSCC[C@@H](NC(=O)c1ccco1)C(=O)Nc1ccc(C)c(S(=O)(=O)N2CCOCC2)c1. The second-order valence-electron chi connectivity index (χ2n) is 7.27. The lowest BCUT2D eigenvalue weighted by Gasteiger charge is -2.27. The molecule has 0 aliphatic carbocycles. The highest BCUT2D eigenvalue weighted by Gasteiger charge is 2.28. The standard InChI is InChI=1S/C21H27N3O6S2/c1-15-5-6-16(14-19(15)32(27,28)24-8-11-29-12-9-24)22-20(25)17(7-13-31-2)23-21(26)18-4-3-10-30-18/h3-6,10,14,17H,7-9,11-13H2,1-2H3,(H,22,25)(H,23,26)/t17-/m1/s1. The van der Waals surface area contributed by atoms with E-state index in [0.717, 1.165) is 0 Å². The number of carbonyl (C=O) groups excluding carboxylic acids is 2. The van der Waals surface area contributed by atoms with Crippen LogP contribution in [0.3, 0.4) is 0 Å². The van der Waals surface area contributed by atoms with Crippen LogP contribution in [0, 0.1) is 6.92 Å². The maximum absolute atomic E-state index is 13.1. The molecule has 2 heterocycles. The van der Waals surface area contributed by atoms with Crippen LogP contribution in [-0.4, -0.2) is 68.9 Å². The summed E-state index contributed by atoms with van der Waals surface area (Å²) in [5.74, 6) is -0.157. The van der Waals surface area contributed by atoms with Gasteiger partial charge in [0.15, 0.2) is 5.76 Å². The van der Waals surface area contributed by atoms with Crippen LogP contribution < -0.4 is 10.6 Å². The molecule has 3 rings (SSSR count). The van der Waals surface area contributed by atoms with Crippen LogP contribution in [0.5, 0.6) is 0 Å². The van der Waals surface area contributed by atoms with Crippen molar-refractivity contribution in [1.29, 1.82) is 0 Å². The van der Waals surface area contributed by atoms with Crippen molar-refractivity contribution in [3.63, 3.8) is 0 Å². The van der Waals surface area contributed by atoms with Gasteiger partial charge in [-0.2, -0.15) is 16.1 Å². The summed E-state index contributed by atoms with van der Waals surface area (Å²) in [7, 11) is -3.72. The summed E-state index contributed by atoms with van der Waals surface area (Å²) in [5.41, 5.74) is 0.924. The van der Waals surface area contributed by atoms with Gasteiger partial charge in [0.05, 0.1) is 24.4 Å². The predicted octanol–water partition coefficient (Wildman–Crippen LogP) is 2.10. The first-order chi connectivity index (χ1) is 15.3. The average molecular weight is 482 g/mol. The number of aryl methyl sites for hydroxylation is 1. The predicted molar refractivity (Wildman–Crippen MR) is 122 cm³/mol. The third kappa shape index (κ3) is 5.91. The monoisotopic (exact) mass is 481 g/mol. The number of carbonyl (C=O) groups is 2. The fourth-order valence-electron chi connectivity index (χ4n) is 3.25. The maximum atomic E-state index is 13.1. The Morgan fingerprint density at radius 2 is 1.97 bits per heavy atom. The van der Waals surface area contributed by atoms with E-state index in [1.807, 2.05) is 6.26 Å². The van der Waals surface area contributed by atoms with E-state index in [1.165, 1.54) is 22.7 Å². The molecule has 2 aromatic rings. The fraction of sp³-hybridized carbons (Fsp3) is 0.429. The minimum atomic E-state index is -3.72. The van der Waals surface area contributed by atoms with Gasteiger partial charge in [-0.1, -0.05) is 6.07 Å². The lowest BCUT2D eigenvalue weighted by atomic mass is 10.1. The highest BCUT2D eigenvalue weighted by atomic mass is 32.2. The number of hydrogen-bond acceptors (Lipinski definition) is 7. The number of anilines is 1. The van der Waals surface area contributed by atoms with Gasteiger partial charge >= 0.3 is 0 Å². The first kappa shape index (κ1) is 24.3. The Balaban J connectivity index is 1.77. The third-order valence-electron chi connectivity index (χ3n) is 5.02. The molecule has 1 atom stereocenters. The van der Waals surface area contributed by atoms with Crippen molar-refractivity contribution < 1.29 is 27.2 Å². The first-order valence-electron chi connectivity index (χ1n) is 10.2. The zero-order valence-electron chi connectivity index (χ0n) is 18.0. The van der Waals surface area contributed by atoms with Crippen LogP contribution in [0.2, 0.25) is 0 Å². The quantitative estimate of drug-likeness (QED) is 0.563. The zero-order valence-corrected chi connectivity index (χ0v) is 19.6. The molecule has 9 nitrogen and oxygen atoms in total. The van der Waals surface area contributed by atoms with Crippen molar-refractivity contribution >= 4 is 39.3 Å². The number of rotatable bonds is 9. The van der Waals surface area contributed by atoms with E-state index in [9.17, 15) is 18.0 Å². The summed E-state index contributed by atoms with van der Waals surface area (Å²) in [6.07, 6.45) is 3.70. The molecule has 0 unspecified atom stereocenters. The van der Waals surface area contributed by atoms with Crippen LogP contribution in [0.25, 0.3) is 0 Å². The largest absolute Gasteiger partial charge is 0.459 e. The van der Waals surface area contributed by atoms with Gasteiger partial charge in [-0.25, -0.2) is 8.42 Å². The molecule has 0 saturated carbocycles. The van der Waals surface area contributed by atoms with Crippen LogP contribution in [0.1, 0.15) is 22.5 Å². The van der Waals surface area contributed by atoms with Gasteiger partial charge in [0.2, 0.25) is 15.9 Å². The van der Waals surface area contributed by atoms with E-state index < -0.39 is 27.9 Å². The number of sulfonamides is 1. The molecule has 2 amide bonds. The third-order valence-corrected chi connectivity index (χ3v) is 7.71. The van der Waals surface area contributed by atoms with E-state index in [4.69, 9.17) is 9.15 Å². The number of nitrogens with one attached hydrogen (secondary N) is 2. The average Bonchev–Trinajstić information content (AvgIpc) is 3.33. The number of furan rings is 1. The molecule has 1 aromatic carbocycles. The van der Waals surface area contributed by atoms with E-state index in [1.54, 1.807) is 36.9 Å². The van der Waals surface area contributed by atoms with E-state index in [2.05, 4.69) is 10.6 Å². The van der Waals surface area contributed by atoms with Gasteiger partial charge in [-0.05, 0) is 55.2 Å². The van der Waals surface area contributed by atoms with E-state index in [-0.39, 0.29) is 23.7 Å². The molecular weight excluding hydrogens is 454 g/mol. The molecule has 1 aliphatic rings. The Kier molecular flexibility index (Phi) is 8.35. The topological polar surface area (TPSA) is 118 Å². The molecule has 1 aliphatic heterocycles. The van der Waals surface area contributed by atoms with Crippen molar-refractivity contribution in [3.8, 4) is 0 Å². The highest BCUT2D eigenvalue weighted by molar-refractivity contribution is 7.98. The minimum Gasteiger partial charge on any atom is -0.459 e. The van der Waals surface area contributed by atoms with Crippen molar-refractivity contribution in [3.05, 3.63) is 47.9 Å².